The smallest absolute Gasteiger partial charge is 0.127 e. The van der Waals surface area contributed by atoms with Crippen molar-refractivity contribution in [2.45, 2.75) is 12.6 Å². The first-order valence-corrected chi connectivity index (χ1v) is 8.30. The highest BCUT2D eigenvalue weighted by Gasteiger charge is 2.26. The topological polar surface area (TPSA) is 50.9 Å². The molecule has 0 spiro atoms. The van der Waals surface area contributed by atoms with E-state index in [0.717, 1.165) is 37.7 Å². The van der Waals surface area contributed by atoms with Crippen LogP contribution in [0.1, 0.15) is 17.4 Å². The lowest BCUT2D eigenvalue weighted by Gasteiger charge is -2.35. The Labute approximate surface area is 153 Å². The maximum atomic E-state index is 4.55. The lowest BCUT2D eigenvalue weighted by atomic mass is 10.1. The second-order valence-corrected chi connectivity index (χ2v) is 6.22. The van der Waals surface area contributed by atoms with Crippen molar-refractivity contribution in [3.05, 3.63) is 66.8 Å². The fourth-order valence-electron chi connectivity index (χ4n) is 3.31. The SMILES string of the molecule is Cl.Cn1ccnc1C1CNCCN1Cc1ccc(-n2ccnc2)cc1. The normalized spacial score (nSPS) is 18.0. The van der Waals surface area contributed by atoms with Gasteiger partial charge in [0.15, 0.2) is 0 Å². The molecular weight excluding hydrogens is 336 g/mol. The van der Waals surface area contributed by atoms with Crippen molar-refractivity contribution in [1.29, 1.82) is 0 Å². The van der Waals surface area contributed by atoms with Crippen molar-refractivity contribution in [2.75, 3.05) is 19.6 Å². The molecule has 6 nitrogen and oxygen atoms in total. The molecular formula is C18H23ClN6. The molecule has 3 aromatic rings. The van der Waals surface area contributed by atoms with Crippen molar-refractivity contribution in [2.24, 2.45) is 7.05 Å². The van der Waals surface area contributed by atoms with Crippen molar-refractivity contribution in [3.63, 3.8) is 0 Å². The molecule has 1 fully saturated rings. The molecule has 1 aromatic carbocycles. The van der Waals surface area contributed by atoms with Crippen LogP contribution >= 0.6 is 12.4 Å². The van der Waals surface area contributed by atoms with E-state index >= 15 is 0 Å². The van der Waals surface area contributed by atoms with E-state index in [1.165, 1.54) is 5.56 Å². The molecule has 3 heterocycles. The Bertz CT molecular complexity index is 780. The lowest BCUT2D eigenvalue weighted by Crippen LogP contribution is -2.46. The molecule has 1 aliphatic rings. The van der Waals surface area contributed by atoms with Gasteiger partial charge >= 0.3 is 0 Å². The Morgan fingerprint density at radius 1 is 1.16 bits per heavy atom. The minimum absolute atomic E-state index is 0. The summed E-state index contributed by atoms with van der Waals surface area (Å²) >= 11 is 0. The van der Waals surface area contributed by atoms with Gasteiger partial charge in [-0.15, -0.1) is 12.4 Å². The van der Waals surface area contributed by atoms with Crippen LogP contribution in [0.4, 0.5) is 0 Å². The summed E-state index contributed by atoms with van der Waals surface area (Å²) in [5.74, 6) is 1.12. The Kier molecular flexibility index (Phi) is 5.53. The first-order chi connectivity index (χ1) is 11.8. The third-order valence-corrected chi connectivity index (χ3v) is 4.64. The number of aryl methyl sites for hydroxylation is 1. The molecule has 1 unspecified atom stereocenters. The zero-order valence-electron chi connectivity index (χ0n) is 14.2. The van der Waals surface area contributed by atoms with Crippen LogP contribution in [0.3, 0.4) is 0 Å². The molecule has 4 rings (SSSR count). The van der Waals surface area contributed by atoms with Crippen molar-refractivity contribution < 1.29 is 0 Å². The van der Waals surface area contributed by atoms with Gasteiger partial charge in [0.05, 0.1) is 12.4 Å². The summed E-state index contributed by atoms with van der Waals surface area (Å²) in [6, 6.07) is 9.01. The maximum Gasteiger partial charge on any atom is 0.127 e. The molecule has 1 aliphatic heterocycles. The molecule has 0 radical (unpaired) electrons. The molecule has 0 amide bonds. The third-order valence-electron chi connectivity index (χ3n) is 4.64. The monoisotopic (exact) mass is 358 g/mol. The van der Waals surface area contributed by atoms with E-state index in [2.05, 4.69) is 56.1 Å². The zero-order chi connectivity index (χ0) is 16.4. The molecule has 7 heteroatoms. The fraction of sp³-hybridized carbons (Fsp3) is 0.333. The molecule has 0 aliphatic carbocycles. The van der Waals surface area contributed by atoms with Crippen LogP contribution in [0, 0.1) is 0 Å². The van der Waals surface area contributed by atoms with Crippen molar-refractivity contribution in [3.8, 4) is 5.69 Å². The van der Waals surface area contributed by atoms with Gasteiger partial charge in [-0.2, -0.15) is 0 Å². The number of rotatable bonds is 4. The van der Waals surface area contributed by atoms with Crippen LogP contribution in [0.2, 0.25) is 0 Å². The van der Waals surface area contributed by atoms with E-state index in [0.29, 0.717) is 6.04 Å². The first-order valence-electron chi connectivity index (χ1n) is 8.30. The van der Waals surface area contributed by atoms with Crippen molar-refractivity contribution >= 4 is 12.4 Å². The average molecular weight is 359 g/mol. The van der Waals surface area contributed by atoms with Gasteiger partial charge in [0, 0.05) is 63.7 Å². The number of imidazole rings is 2. The largest absolute Gasteiger partial charge is 0.337 e. The Balaban J connectivity index is 0.00000182. The summed E-state index contributed by atoms with van der Waals surface area (Å²) < 4.78 is 4.14. The van der Waals surface area contributed by atoms with Gasteiger partial charge < -0.3 is 14.5 Å². The van der Waals surface area contributed by atoms with Crippen LogP contribution in [0.15, 0.2) is 55.4 Å². The number of nitrogens with zero attached hydrogens (tertiary/aromatic N) is 5. The van der Waals surface area contributed by atoms with Gasteiger partial charge in [-0.05, 0) is 17.7 Å². The van der Waals surface area contributed by atoms with Crippen LogP contribution < -0.4 is 5.32 Å². The Morgan fingerprint density at radius 3 is 2.68 bits per heavy atom. The average Bonchev–Trinajstić information content (AvgIpc) is 3.28. The Hall–Kier alpha value is -2.15. The second kappa shape index (κ2) is 7.82. The zero-order valence-corrected chi connectivity index (χ0v) is 15.1. The van der Waals surface area contributed by atoms with Crippen LogP contribution in [-0.4, -0.2) is 43.6 Å². The highest BCUT2D eigenvalue weighted by Crippen LogP contribution is 2.23. The molecule has 132 valence electrons. The number of halogens is 1. The summed E-state index contributed by atoms with van der Waals surface area (Å²) in [5, 5.41) is 3.49. The van der Waals surface area contributed by atoms with Crippen LogP contribution in [-0.2, 0) is 13.6 Å². The summed E-state index contributed by atoms with van der Waals surface area (Å²) in [6.07, 6.45) is 9.47. The molecule has 1 N–H and O–H groups in total. The number of nitrogens with one attached hydrogen (secondary N) is 1. The predicted octanol–water partition coefficient (Wildman–Crippen LogP) is 2.17. The molecule has 2 aromatic heterocycles. The first kappa shape index (κ1) is 17.7. The molecule has 1 atom stereocenters. The highest BCUT2D eigenvalue weighted by molar-refractivity contribution is 5.85. The Morgan fingerprint density at radius 2 is 2.00 bits per heavy atom. The van der Waals surface area contributed by atoms with Gasteiger partial charge in [-0.1, -0.05) is 12.1 Å². The summed E-state index contributed by atoms with van der Waals surface area (Å²) in [7, 11) is 2.06. The summed E-state index contributed by atoms with van der Waals surface area (Å²) in [4.78, 5) is 11.2. The summed E-state index contributed by atoms with van der Waals surface area (Å²) in [5.41, 5.74) is 2.46. The number of hydrogen-bond acceptors (Lipinski definition) is 4. The van der Waals surface area contributed by atoms with E-state index in [4.69, 9.17) is 0 Å². The lowest BCUT2D eigenvalue weighted by molar-refractivity contribution is 0.145. The second-order valence-electron chi connectivity index (χ2n) is 6.22. The van der Waals surface area contributed by atoms with E-state index in [1.807, 2.05) is 29.5 Å². The van der Waals surface area contributed by atoms with Gasteiger partial charge in [0.2, 0.25) is 0 Å². The van der Waals surface area contributed by atoms with Gasteiger partial charge in [0.25, 0.3) is 0 Å². The quantitative estimate of drug-likeness (QED) is 0.776. The van der Waals surface area contributed by atoms with E-state index in [9.17, 15) is 0 Å². The van der Waals surface area contributed by atoms with Gasteiger partial charge in [-0.3, -0.25) is 4.90 Å². The summed E-state index contributed by atoms with van der Waals surface area (Å²) in [6.45, 7) is 3.93. The maximum absolute atomic E-state index is 4.55. The number of benzene rings is 1. The minimum Gasteiger partial charge on any atom is -0.337 e. The molecule has 1 saturated heterocycles. The number of aromatic nitrogens is 4. The molecule has 0 saturated carbocycles. The highest BCUT2D eigenvalue weighted by atomic mass is 35.5. The van der Waals surface area contributed by atoms with Crippen molar-refractivity contribution in [1.82, 2.24) is 29.3 Å². The molecule has 25 heavy (non-hydrogen) atoms. The van der Waals surface area contributed by atoms with E-state index in [1.54, 1.807) is 6.20 Å². The number of hydrogen-bond donors (Lipinski definition) is 1. The van der Waals surface area contributed by atoms with Crippen LogP contribution in [0.5, 0.6) is 0 Å². The number of piperazine rings is 1. The van der Waals surface area contributed by atoms with E-state index < -0.39 is 0 Å². The molecule has 0 bridgehead atoms. The fourth-order valence-corrected chi connectivity index (χ4v) is 3.31. The van der Waals surface area contributed by atoms with Gasteiger partial charge in [-0.25, -0.2) is 9.97 Å². The predicted molar refractivity (Wildman–Crippen MR) is 100 cm³/mol. The van der Waals surface area contributed by atoms with E-state index in [-0.39, 0.29) is 12.4 Å². The van der Waals surface area contributed by atoms with Gasteiger partial charge in [0.1, 0.15) is 5.82 Å². The van der Waals surface area contributed by atoms with Crippen LogP contribution in [0.25, 0.3) is 5.69 Å². The standard InChI is InChI=1S/C18H22N6.ClH/c1-22-9-8-21-18(22)17-12-19-6-10-23(17)13-15-2-4-16(5-3-15)24-11-7-20-14-24;/h2-5,7-9,11,14,17,19H,6,10,12-13H2,1H3;1H. The third kappa shape index (κ3) is 3.76. The minimum atomic E-state index is 0.